The highest BCUT2D eigenvalue weighted by atomic mass is 16.5. The molecular weight excluding hydrogens is 240 g/mol. The molecule has 0 aliphatic rings. The van der Waals surface area contributed by atoms with Gasteiger partial charge in [0, 0.05) is 6.07 Å². The molecule has 0 radical (unpaired) electrons. The Balaban J connectivity index is 2.06. The van der Waals surface area contributed by atoms with Gasteiger partial charge in [-0.05, 0) is 42.8 Å². The minimum atomic E-state index is 0.161. The van der Waals surface area contributed by atoms with Crippen molar-refractivity contribution in [3.05, 3.63) is 59.9 Å². The molecule has 0 heterocycles. The first kappa shape index (κ1) is 13.0. The van der Waals surface area contributed by atoms with Gasteiger partial charge in [-0.1, -0.05) is 17.7 Å². The lowest BCUT2D eigenvalue weighted by molar-refractivity contribution is 0.407. The van der Waals surface area contributed by atoms with E-state index in [1.807, 2.05) is 37.3 Å². The van der Waals surface area contributed by atoms with E-state index in [4.69, 9.17) is 9.47 Å². The van der Waals surface area contributed by atoms with Crippen molar-refractivity contribution in [1.82, 2.24) is 0 Å². The lowest BCUT2D eigenvalue weighted by Gasteiger charge is -2.03. The molecule has 0 atom stereocenters. The summed E-state index contributed by atoms with van der Waals surface area (Å²) in [4.78, 5) is 0. The summed E-state index contributed by atoms with van der Waals surface area (Å²) >= 11 is 0. The molecule has 0 amide bonds. The molecule has 0 unspecified atom stereocenters. The van der Waals surface area contributed by atoms with Crippen molar-refractivity contribution in [2.45, 2.75) is 6.92 Å². The Morgan fingerprint density at radius 2 is 1.74 bits per heavy atom. The molecule has 98 valence electrons. The standard InChI is InChI=1S/C16H16O3/c1-12-3-5-15(6-4-12)19-8-7-13-9-14(17)11-16(10-13)18-2/h3-11,17H,1-2H3. The third-order valence-corrected chi connectivity index (χ3v) is 2.63. The number of aromatic hydroxyl groups is 1. The predicted octanol–water partition coefficient (Wildman–Crippen LogP) is 3.76. The Kier molecular flexibility index (Phi) is 4.08. The van der Waals surface area contributed by atoms with Crippen molar-refractivity contribution in [3.8, 4) is 17.2 Å². The zero-order valence-corrected chi connectivity index (χ0v) is 11.0. The normalized spacial score (nSPS) is 10.6. The van der Waals surface area contributed by atoms with Gasteiger partial charge in [-0.2, -0.15) is 0 Å². The maximum atomic E-state index is 9.52. The van der Waals surface area contributed by atoms with Crippen LogP contribution in [0.25, 0.3) is 6.08 Å². The van der Waals surface area contributed by atoms with Crippen LogP contribution in [0.15, 0.2) is 48.7 Å². The molecule has 19 heavy (non-hydrogen) atoms. The summed E-state index contributed by atoms with van der Waals surface area (Å²) in [6.07, 6.45) is 3.35. The second-order valence-electron chi connectivity index (χ2n) is 4.20. The molecule has 1 N–H and O–H groups in total. The van der Waals surface area contributed by atoms with E-state index in [-0.39, 0.29) is 5.75 Å². The van der Waals surface area contributed by atoms with Crippen molar-refractivity contribution in [3.63, 3.8) is 0 Å². The first-order chi connectivity index (χ1) is 9.17. The van der Waals surface area contributed by atoms with Crippen LogP contribution in [0.4, 0.5) is 0 Å². The number of ether oxygens (including phenoxy) is 2. The second-order valence-corrected chi connectivity index (χ2v) is 4.20. The fourth-order valence-electron chi connectivity index (χ4n) is 1.63. The van der Waals surface area contributed by atoms with E-state index < -0.39 is 0 Å². The molecule has 0 aliphatic carbocycles. The highest BCUT2D eigenvalue weighted by Gasteiger charge is 1.97. The zero-order valence-electron chi connectivity index (χ0n) is 11.0. The molecule has 0 saturated carbocycles. The third-order valence-electron chi connectivity index (χ3n) is 2.63. The summed E-state index contributed by atoms with van der Waals surface area (Å²) in [6, 6.07) is 12.8. The Hall–Kier alpha value is -2.42. The maximum absolute atomic E-state index is 9.52. The van der Waals surface area contributed by atoms with Crippen LogP contribution < -0.4 is 9.47 Å². The molecule has 2 rings (SSSR count). The number of phenolic OH excluding ortho intramolecular Hbond substituents is 1. The first-order valence-electron chi connectivity index (χ1n) is 5.95. The van der Waals surface area contributed by atoms with Crippen LogP contribution in [0.3, 0.4) is 0 Å². The van der Waals surface area contributed by atoms with Crippen molar-refractivity contribution < 1.29 is 14.6 Å². The monoisotopic (exact) mass is 256 g/mol. The van der Waals surface area contributed by atoms with Gasteiger partial charge in [-0.25, -0.2) is 0 Å². The van der Waals surface area contributed by atoms with Gasteiger partial charge in [0.25, 0.3) is 0 Å². The Morgan fingerprint density at radius 1 is 1.00 bits per heavy atom. The lowest BCUT2D eigenvalue weighted by atomic mass is 10.2. The first-order valence-corrected chi connectivity index (χ1v) is 5.95. The van der Waals surface area contributed by atoms with Crippen molar-refractivity contribution in [2.75, 3.05) is 7.11 Å². The lowest BCUT2D eigenvalue weighted by Crippen LogP contribution is -1.85. The number of methoxy groups -OCH3 is 1. The highest BCUT2D eigenvalue weighted by Crippen LogP contribution is 2.22. The van der Waals surface area contributed by atoms with Crippen LogP contribution in [0.1, 0.15) is 11.1 Å². The van der Waals surface area contributed by atoms with E-state index >= 15 is 0 Å². The molecule has 0 spiro atoms. The molecular formula is C16H16O3. The number of hydrogen-bond acceptors (Lipinski definition) is 3. The summed E-state index contributed by atoms with van der Waals surface area (Å²) in [7, 11) is 1.56. The van der Waals surface area contributed by atoms with Crippen LogP contribution in [-0.2, 0) is 0 Å². The van der Waals surface area contributed by atoms with Crippen LogP contribution in [0.2, 0.25) is 0 Å². The summed E-state index contributed by atoms with van der Waals surface area (Å²) in [5.41, 5.74) is 2.00. The van der Waals surface area contributed by atoms with Crippen LogP contribution in [0.5, 0.6) is 17.2 Å². The molecule has 3 heteroatoms. The Morgan fingerprint density at radius 3 is 2.42 bits per heavy atom. The van der Waals surface area contributed by atoms with Crippen LogP contribution >= 0.6 is 0 Å². The molecule has 0 aromatic heterocycles. The van der Waals surface area contributed by atoms with Crippen LogP contribution in [0, 0.1) is 6.92 Å². The molecule has 0 bridgehead atoms. The number of aryl methyl sites for hydroxylation is 1. The summed E-state index contributed by atoms with van der Waals surface area (Å²) in [5.74, 6) is 1.54. The number of phenols is 1. The smallest absolute Gasteiger partial charge is 0.126 e. The second kappa shape index (κ2) is 5.96. The van der Waals surface area contributed by atoms with Gasteiger partial charge in [0.2, 0.25) is 0 Å². The van der Waals surface area contributed by atoms with Crippen molar-refractivity contribution >= 4 is 6.08 Å². The van der Waals surface area contributed by atoms with E-state index in [1.165, 1.54) is 5.56 Å². The predicted molar refractivity (Wildman–Crippen MR) is 75.5 cm³/mol. The van der Waals surface area contributed by atoms with Gasteiger partial charge in [0.15, 0.2) is 0 Å². The van der Waals surface area contributed by atoms with E-state index in [2.05, 4.69) is 0 Å². The largest absolute Gasteiger partial charge is 0.508 e. The summed E-state index contributed by atoms with van der Waals surface area (Å²) < 4.78 is 10.6. The minimum absolute atomic E-state index is 0.161. The molecule has 3 nitrogen and oxygen atoms in total. The molecule has 0 fully saturated rings. The van der Waals surface area contributed by atoms with Crippen molar-refractivity contribution in [1.29, 1.82) is 0 Å². The number of rotatable bonds is 4. The van der Waals surface area contributed by atoms with Crippen molar-refractivity contribution in [2.24, 2.45) is 0 Å². The van der Waals surface area contributed by atoms with Crippen LogP contribution in [-0.4, -0.2) is 12.2 Å². The Bertz CT molecular complexity index is 571. The average molecular weight is 256 g/mol. The maximum Gasteiger partial charge on any atom is 0.126 e. The van der Waals surface area contributed by atoms with Gasteiger partial charge in [0.05, 0.1) is 13.4 Å². The van der Waals surface area contributed by atoms with Gasteiger partial charge >= 0.3 is 0 Å². The van der Waals surface area contributed by atoms with Gasteiger partial charge in [-0.15, -0.1) is 0 Å². The average Bonchev–Trinajstić information content (AvgIpc) is 2.40. The fraction of sp³-hybridized carbons (Fsp3) is 0.125. The number of benzene rings is 2. The van der Waals surface area contributed by atoms with E-state index in [0.717, 1.165) is 11.3 Å². The third kappa shape index (κ3) is 3.78. The molecule has 2 aromatic carbocycles. The molecule has 2 aromatic rings. The van der Waals surface area contributed by atoms with E-state index in [1.54, 1.807) is 31.6 Å². The molecule has 0 saturated heterocycles. The minimum Gasteiger partial charge on any atom is -0.508 e. The van der Waals surface area contributed by atoms with Gasteiger partial charge < -0.3 is 14.6 Å². The quantitative estimate of drug-likeness (QED) is 0.846. The summed E-state index contributed by atoms with van der Waals surface area (Å²) in [6.45, 7) is 2.03. The van der Waals surface area contributed by atoms with E-state index in [0.29, 0.717) is 5.75 Å². The van der Waals surface area contributed by atoms with Gasteiger partial charge in [0.1, 0.15) is 17.2 Å². The Labute approximate surface area is 112 Å². The fourth-order valence-corrected chi connectivity index (χ4v) is 1.63. The zero-order chi connectivity index (χ0) is 13.7. The summed E-state index contributed by atoms with van der Waals surface area (Å²) in [5, 5.41) is 9.52. The molecule has 0 aliphatic heterocycles. The van der Waals surface area contributed by atoms with Gasteiger partial charge in [-0.3, -0.25) is 0 Å². The SMILES string of the molecule is COc1cc(O)cc(C=COc2ccc(C)cc2)c1. The highest BCUT2D eigenvalue weighted by molar-refractivity contribution is 5.54. The van der Waals surface area contributed by atoms with E-state index in [9.17, 15) is 5.11 Å². The topological polar surface area (TPSA) is 38.7 Å². The number of hydrogen-bond donors (Lipinski definition) is 1.